The van der Waals surface area contributed by atoms with Crippen molar-refractivity contribution in [3.05, 3.63) is 46.5 Å². The van der Waals surface area contributed by atoms with E-state index in [-0.39, 0.29) is 5.91 Å². The van der Waals surface area contributed by atoms with Gasteiger partial charge in [-0.15, -0.1) is 0 Å². The van der Waals surface area contributed by atoms with Crippen LogP contribution >= 0.6 is 12.2 Å². The number of nitrogens with one attached hydrogen (secondary N) is 1. The summed E-state index contributed by atoms with van der Waals surface area (Å²) >= 11 is 5.36. The Bertz CT molecular complexity index is 689. The highest BCUT2D eigenvalue weighted by Gasteiger charge is 2.06. The molecule has 1 aromatic heterocycles. The molecule has 0 atom stereocenters. The lowest BCUT2D eigenvalue weighted by atomic mass is 10.1. The highest BCUT2D eigenvalue weighted by molar-refractivity contribution is 7.71. The molecule has 22 heavy (non-hydrogen) atoms. The van der Waals surface area contributed by atoms with Gasteiger partial charge in [-0.1, -0.05) is 12.1 Å². The van der Waals surface area contributed by atoms with Gasteiger partial charge in [0.2, 0.25) is 0 Å². The number of amides is 1. The number of carbonyl (C=O) groups is 1. The Morgan fingerprint density at radius 3 is 2.59 bits per heavy atom. The highest BCUT2D eigenvalue weighted by Crippen LogP contribution is 2.08. The smallest absolute Gasteiger partial charge is 0.251 e. The topological polar surface area (TPSA) is 55.1 Å². The lowest BCUT2D eigenvalue weighted by Gasteiger charge is -2.16. The minimum Gasteiger partial charge on any atom is -0.355 e. The molecule has 0 bridgehead atoms. The molecule has 1 amide bonds. The number of aryl methyl sites for hydroxylation is 1. The Morgan fingerprint density at radius 2 is 2.05 bits per heavy atom. The zero-order valence-corrected chi connectivity index (χ0v) is 13.9. The third-order valence-electron chi connectivity index (χ3n) is 3.41. The number of hydrogen-bond donors (Lipinski definition) is 1. The molecule has 2 rings (SSSR count). The highest BCUT2D eigenvalue weighted by atomic mass is 32.1. The molecule has 0 fully saturated rings. The molecule has 0 aliphatic rings. The fraction of sp³-hybridized carbons (Fsp3) is 0.400. The Morgan fingerprint density at radius 1 is 1.36 bits per heavy atom. The molecule has 0 aliphatic carbocycles. The van der Waals surface area contributed by atoms with Crippen molar-refractivity contribution >= 4 is 18.1 Å². The van der Waals surface area contributed by atoms with Crippen LogP contribution in [-0.4, -0.2) is 39.3 Å². The molecule has 118 valence electrons. The number of rotatable bonds is 6. The fourth-order valence-electron chi connectivity index (χ4n) is 2.18. The van der Waals surface area contributed by atoms with Crippen molar-refractivity contribution in [3.8, 4) is 0 Å². The van der Waals surface area contributed by atoms with Crippen molar-refractivity contribution in [1.29, 1.82) is 0 Å². The van der Waals surface area contributed by atoms with Gasteiger partial charge in [0.15, 0.2) is 4.77 Å². The maximum atomic E-state index is 11.5. The van der Waals surface area contributed by atoms with E-state index in [1.165, 1.54) is 0 Å². The second-order valence-corrected chi connectivity index (χ2v) is 5.50. The standard InChI is InChI=1S/C15H21N5OS/c1-4-19-10-17-20(15(19)22)11-18(3)9-12-5-7-13(8-6-12)14(21)16-2/h5-8,10H,4,9,11H2,1-3H3,(H,16,21). The van der Waals surface area contributed by atoms with Crippen LogP contribution < -0.4 is 5.32 Å². The van der Waals surface area contributed by atoms with Gasteiger partial charge in [0.1, 0.15) is 6.33 Å². The molecule has 0 unspecified atom stereocenters. The molecule has 0 aliphatic heterocycles. The maximum absolute atomic E-state index is 11.5. The zero-order chi connectivity index (χ0) is 16.1. The minimum absolute atomic E-state index is 0.0729. The van der Waals surface area contributed by atoms with Crippen molar-refractivity contribution in [2.45, 2.75) is 26.7 Å². The molecule has 1 N–H and O–H groups in total. The van der Waals surface area contributed by atoms with E-state index >= 15 is 0 Å². The first-order chi connectivity index (χ1) is 10.5. The van der Waals surface area contributed by atoms with E-state index in [4.69, 9.17) is 12.2 Å². The molecule has 6 nitrogen and oxygen atoms in total. The third-order valence-corrected chi connectivity index (χ3v) is 3.85. The monoisotopic (exact) mass is 319 g/mol. The summed E-state index contributed by atoms with van der Waals surface area (Å²) in [5.74, 6) is -0.0729. The number of benzene rings is 1. The summed E-state index contributed by atoms with van der Waals surface area (Å²) < 4.78 is 4.46. The average Bonchev–Trinajstić information content (AvgIpc) is 2.87. The summed E-state index contributed by atoms with van der Waals surface area (Å²) in [5, 5.41) is 6.91. The lowest BCUT2D eigenvalue weighted by Crippen LogP contribution is -2.23. The largest absolute Gasteiger partial charge is 0.355 e. The molecule has 1 heterocycles. The third kappa shape index (κ3) is 3.80. The summed E-state index contributed by atoms with van der Waals surface area (Å²) in [5.41, 5.74) is 1.80. The van der Waals surface area contributed by atoms with Gasteiger partial charge in [-0.2, -0.15) is 5.10 Å². The molecule has 1 aromatic carbocycles. The fourth-order valence-corrected chi connectivity index (χ4v) is 2.46. The lowest BCUT2D eigenvalue weighted by molar-refractivity contribution is 0.0963. The number of nitrogens with zero attached hydrogens (tertiary/aromatic N) is 4. The Balaban J connectivity index is 1.99. The summed E-state index contributed by atoms with van der Waals surface area (Å²) in [6, 6.07) is 7.59. The Kier molecular flexibility index (Phi) is 5.46. The van der Waals surface area contributed by atoms with Gasteiger partial charge in [-0.05, 0) is 43.9 Å². The summed E-state index contributed by atoms with van der Waals surface area (Å²) in [6.07, 6.45) is 1.76. The van der Waals surface area contributed by atoms with Gasteiger partial charge in [-0.3, -0.25) is 9.69 Å². The first-order valence-electron chi connectivity index (χ1n) is 7.17. The zero-order valence-electron chi connectivity index (χ0n) is 13.1. The van der Waals surface area contributed by atoms with E-state index in [0.717, 1.165) is 23.4 Å². The van der Waals surface area contributed by atoms with E-state index in [1.807, 2.05) is 42.8 Å². The van der Waals surface area contributed by atoms with Crippen LogP contribution in [0.5, 0.6) is 0 Å². The second-order valence-electron chi connectivity index (χ2n) is 5.13. The normalized spacial score (nSPS) is 10.9. The molecule has 0 spiro atoms. The first-order valence-corrected chi connectivity index (χ1v) is 7.57. The average molecular weight is 319 g/mol. The molecule has 0 saturated heterocycles. The van der Waals surface area contributed by atoms with Gasteiger partial charge < -0.3 is 9.88 Å². The van der Waals surface area contributed by atoms with Crippen molar-refractivity contribution in [2.75, 3.05) is 14.1 Å². The predicted molar refractivity (Wildman–Crippen MR) is 88.0 cm³/mol. The first kappa shape index (κ1) is 16.4. The molecular weight excluding hydrogens is 298 g/mol. The Hall–Kier alpha value is -1.99. The number of carbonyl (C=O) groups excluding carboxylic acids is 1. The van der Waals surface area contributed by atoms with E-state index in [2.05, 4.69) is 15.3 Å². The van der Waals surface area contributed by atoms with E-state index in [1.54, 1.807) is 18.1 Å². The summed E-state index contributed by atoms with van der Waals surface area (Å²) in [7, 11) is 3.64. The van der Waals surface area contributed by atoms with Gasteiger partial charge >= 0.3 is 0 Å². The minimum atomic E-state index is -0.0729. The maximum Gasteiger partial charge on any atom is 0.251 e. The predicted octanol–water partition coefficient (Wildman–Crippen LogP) is 1.88. The van der Waals surface area contributed by atoms with Crippen LogP contribution in [0.2, 0.25) is 0 Å². The molecule has 0 saturated carbocycles. The second kappa shape index (κ2) is 7.33. The summed E-state index contributed by atoms with van der Waals surface area (Å²) in [6.45, 7) is 4.25. The van der Waals surface area contributed by atoms with Crippen molar-refractivity contribution in [3.63, 3.8) is 0 Å². The van der Waals surface area contributed by atoms with Crippen LogP contribution in [0.3, 0.4) is 0 Å². The molecule has 0 radical (unpaired) electrons. The van der Waals surface area contributed by atoms with Crippen LogP contribution in [-0.2, 0) is 19.8 Å². The van der Waals surface area contributed by atoms with Gasteiger partial charge in [0.25, 0.3) is 5.91 Å². The number of hydrogen-bond acceptors (Lipinski definition) is 4. The molecule has 7 heteroatoms. The van der Waals surface area contributed by atoms with Crippen molar-refractivity contribution in [1.82, 2.24) is 24.6 Å². The molecular formula is C15H21N5OS. The van der Waals surface area contributed by atoms with Crippen LogP contribution in [0.4, 0.5) is 0 Å². The van der Waals surface area contributed by atoms with Crippen LogP contribution in [0.15, 0.2) is 30.6 Å². The van der Waals surface area contributed by atoms with Crippen molar-refractivity contribution in [2.24, 2.45) is 0 Å². The van der Waals surface area contributed by atoms with E-state index < -0.39 is 0 Å². The SMILES string of the molecule is CCn1cnn(CN(C)Cc2ccc(C(=O)NC)cc2)c1=S. The van der Waals surface area contributed by atoms with Gasteiger partial charge in [-0.25, -0.2) is 4.68 Å². The quantitative estimate of drug-likeness (QED) is 0.826. The Labute approximate surface area is 135 Å². The van der Waals surface area contributed by atoms with Gasteiger partial charge in [0.05, 0.1) is 6.67 Å². The number of aromatic nitrogens is 3. The van der Waals surface area contributed by atoms with E-state index in [9.17, 15) is 4.79 Å². The van der Waals surface area contributed by atoms with E-state index in [0.29, 0.717) is 12.2 Å². The van der Waals surface area contributed by atoms with Crippen molar-refractivity contribution < 1.29 is 4.79 Å². The molecule has 2 aromatic rings. The van der Waals surface area contributed by atoms with Crippen LogP contribution in [0.1, 0.15) is 22.8 Å². The van der Waals surface area contributed by atoms with Crippen LogP contribution in [0.25, 0.3) is 0 Å². The summed E-state index contributed by atoms with van der Waals surface area (Å²) in [4.78, 5) is 13.6. The van der Waals surface area contributed by atoms with Gasteiger partial charge in [0, 0.05) is 25.7 Å². The van der Waals surface area contributed by atoms with Crippen LogP contribution in [0, 0.1) is 4.77 Å².